The third kappa shape index (κ3) is 6.82. The zero-order chi connectivity index (χ0) is 27.1. The second kappa shape index (κ2) is 12.1. The van der Waals surface area contributed by atoms with Crippen LogP contribution in [0.4, 0.5) is 26.7 Å². The van der Waals surface area contributed by atoms with E-state index < -0.39 is 12.1 Å². The number of anilines is 3. The highest BCUT2D eigenvalue weighted by molar-refractivity contribution is 6.01. The second-order valence-corrected chi connectivity index (χ2v) is 9.42. The highest BCUT2D eigenvalue weighted by Crippen LogP contribution is 2.29. The van der Waals surface area contributed by atoms with Crippen molar-refractivity contribution in [3.05, 3.63) is 83.9 Å². The summed E-state index contributed by atoms with van der Waals surface area (Å²) in [5.74, 6) is 0.485. The number of rotatable bonds is 7. The van der Waals surface area contributed by atoms with Crippen LogP contribution in [0.2, 0.25) is 0 Å². The second-order valence-electron chi connectivity index (χ2n) is 9.42. The van der Waals surface area contributed by atoms with Crippen molar-refractivity contribution < 1.29 is 19.1 Å². The van der Waals surface area contributed by atoms with Gasteiger partial charge in [-0.05, 0) is 80.3 Å². The molecule has 9 heteroatoms. The molecule has 38 heavy (non-hydrogen) atoms. The fraction of sp³-hybridized carbons (Fsp3) is 0.276. The molecule has 1 aliphatic heterocycles. The first-order chi connectivity index (χ1) is 18.3. The van der Waals surface area contributed by atoms with E-state index >= 15 is 0 Å². The Labute approximate surface area is 222 Å². The SMILES string of the molecule is COc1ccc(NC(=O)NC2CCc3ccccc3N(Cc3cccc(NC(=O)NC(C)C)c3)C2=O)cc1. The van der Waals surface area contributed by atoms with Gasteiger partial charge in [0.15, 0.2) is 0 Å². The van der Waals surface area contributed by atoms with Gasteiger partial charge < -0.3 is 30.9 Å². The van der Waals surface area contributed by atoms with Gasteiger partial charge in [-0.3, -0.25) is 4.79 Å². The van der Waals surface area contributed by atoms with E-state index in [0.29, 0.717) is 30.0 Å². The number of fused-ring (bicyclic) bond motifs is 1. The summed E-state index contributed by atoms with van der Waals surface area (Å²) in [7, 11) is 1.58. The molecule has 1 atom stereocenters. The van der Waals surface area contributed by atoms with E-state index in [9.17, 15) is 14.4 Å². The summed E-state index contributed by atoms with van der Waals surface area (Å²) >= 11 is 0. The predicted molar refractivity (Wildman–Crippen MR) is 149 cm³/mol. The summed E-state index contributed by atoms with van der Waals surface area (Å²) in [6.07, 6.45) is 1.11. The quantitative estimate of drug-likeness (QED) is 0.359. The van der Waals surface area contributed by atoms with Gasteiger partial charge >= 0.3 is 12.1 Å². The number of aryl methyl sites for hydroxylation is 1. The van der Waals surface area contributed by atoms with Gasteiger partial charge in [0.1, 0.15) is 11.8 Å². The van der Waals surface area contributed by atoms with Crippen LogP contribution < -0.4 is 30.9 Å². The number of urea groups is 2. The average molecular weight is 516 g/mol. The van der Waals surface area contributed by atoms with E-state index in [1.165, 1.54) is 0 Å². The fourth-order valence-electron chi connectivity index (χ4n) is 4.37. The van der Waals surface area contributed by atoms with Gasteiger partial charge in [0.25, 0.3) is 0 Å². The summed E-state index contributed by atoms with van der Waals surface area (Å²) in [4.78, 5) is 40.4. The number of benzene rings is 3. The Balaban J connectivity index is 1.51. The first-order valence-corrected chi connectivity index (χ1v) is 12.6. The standard InChI is InChI=1S/C29H33N5O4/c1-19(2)30-28(36)32-23-9-6-7-20(17-23)18-34-26-10-5-4-8-21(26)11-16-25(27(34)35)33-29(37)31-22-12-14-24(38-3)15-13-22/h4-10,12-15,17,19,25H,11,16,18H2,1-3H3,(H2,30,32,36)(H2,31,33,37). The smallest absolute Gasteiger partial charge is 0.319 e. The molecule has 0 aliphatic carbocycles. The molecular weight excluding hydrogens is 482 g/mol. The molecule has 0 saturated heterocycles. The van der Waals surface area contributed by atoms with Crippen molar-refractivity contribution in [2.75, 3.05) is 22.6 Å². The number of nitrogens with one attached hydrogen (secondary N) is 4. The van der Waals surface area contributed by atoms with Gasteiger partial charge in [-0.25, -0.2) is 9.59 Å². The Morgan fingerprint density at radius 3 is 2.42 bits per heavy atom. The van der Waals surface area contributed by atoms with Crippen molar-refractivity contribution in [2.45, 2.75) is 45.3 Å². The number of carbonyl (C=O) groups is 3. The number of methoxy groups -OCH3 is 1. The van der Waals surface area contributed by atoms with Gasteiger partial charge in [-0.2, -0.15) is 0 Å². The summed E-state index contributed by atoms with van der Waals surface area (Å²) in [5, 5.41) is 11.3. The molecule has 1 heterocycles. The molecule has 3 aromatic carbocycles. The van der Waals surface area contributed by atoms with E-state index in [1.807, 2.05) is 56.3 Å². The zero-order valence-corrected chi connectivity index (χ0v) is 21.8. The van der Waals surface area contributed by atoms with Crippen LogP contribution in [0.1, 0.15) is 31.4 Å². The van der Waals surface area contributed by atoms with E-state index in [4.69, 9.17) is 4.74 Å². The van der Waals surface area contributed by atoms with Crippen molar-refractivity contribution in [3.8, 4) is 5.75 Å². The number of ether oxygens (including phenoxy) is 1. The maximum Gasteiger partial charge on any atom is 0.319 e. The summed E-state index contributed by atoms with van der Waals surface area (Å²) in [6.45, 7) is 4.07. The molecule has 3 aromatic rings. The van der Waals surface area contributed by atoms with Gasteiger partial charge in [0, 0.05) is 23.1 Å². The molecule has 5 amide bonds. The lowest BCUT2D eigenvalue weighted by molar-refractivity contribution is -0.120. The van der Waals surface area contributed by atoms with Crippen LogP contribution in [-0.4, -0.2) is 37.2 Å². The molecule has 4 N–H and O–H groups in total. The first-order valence-electron chi connectivity index (χ1n) is 12.6. The average Bonchev–Trinajstić information content (AvgIpc) is 3.01. The number of nitrogens with zero attached hydrogens (tertiary/aromatic N) is 1. The Morgan fingerprint density at radius 1 is 0.947 bits per heavy atom. The summed E-state index contributed by atoms with van der Waals surface area (Å²) in [5.41, 5.74) is 3.92. The monoisotopic (exact) mass is 515 g/mol. The van der Waals surface area contributed by atoms with Gasteiger partial charge in [-0.15, -0.1) is 0 Å². The third-order valence-corrected chi connectivity index (χ3v) is 6.15. The maximum atomic E-state index is 13.8. The van der Waals surface area contributed by atoms with E-state index in [2.05, 4.69) is 21.3 Å². The molecule has 1 aliphatic rings. The Hall–Kier alpha value is -4.53. The number of hydrogen-bond acceptors (Lipinski definition) is 4. The lowest BCUT2D eigenvalue weighted by Crippen LogP contribution is -2.49. The molecule has 0 aromatic heterocycles. The van der Waals surface area contributed by atoms with Gasteiger partial charge in [0.05, 0.1) is 13.7 Å². The largest absolute Gasteiger partial charge is 0.497 e. The number of para-hydroxylation sites is 1. The lowest BCUT2D eigenvalue weighted by atomic mass is 10.1. The van der Waals surface area contributed by atoms with Crippen molar-refractivity contribution in [2.24, 2.45) is 0 Å². The molecule has 1 unspecified atom stereocenters. The molecule has 0 spiro atoms. The first kappa shape index (κ1) is 26.5. The van der Waals surface area contributed by atoms with Crippen molar-refractivity contribution in [3.63, 3.8) is 0 Å². The minimum Gasteiger partial charge on any atom is -0.497 e. The van der Waals surface area contributed by atoms with Crippen LogP contribution in [0.3, 0.4) is 0 Å². The van der Waals surface area contributed by atoms with Crippen LogP contribution in [0, 0.1) is 0 Å². The van der Waals surface area contributed by atoms with Gasteiger partial charge in [-0.1, -0.05) is 30.3 Å². The van der Waals surface area contributed by atoms with Crippen molar-refractivity contribution in [1.82, 2.24) is 10.6 Å². The van der Waals surface area contributed by atoms with E-state index in [1.54, 1.807) is 42.3 Å². The van der Waals surface area contributed by atoms with Gasteiger partial charge in [0.2, 0.25) is 5.91 Å². The van der Waals surface area contributed by atoms with Crippen LogP contribution in [0.15, 0.2) is 72.8 Å². The molecule has 4 rings (SSSR count). The lowest BCUT2D eigenvalue weighted by Gasteiger charge is -2.26. The Kier molecular flexibility index (Phi) is 8.47. The van der Waals surface area contributed by atoms with E-state index in [-0.39, 0.29) is 24.5 Å². The number of hydrogen-bond donors (Lipinski definition) is 4. The third-order valence-electron chi connectivity index (χ3n) is 6.15. The molecule has 0 radical (unpaired) electrons. The van der Waals surface area contributed by atoms with Crippen LogP contribution in [0.25, 0.3) is 0 Å². The normalized spacial score (nSPS) is 14.8. The predicted octanol–water partition coefficient (Wildman–Crippen LogP) is 4.89. The maximum absolute atomic E-state index is 13.8. The number of amides is 5. The van der Waals surface area contributed by atoms with E-state index in [0.717, 1.165) is 16.8 Å². The highest BCUT2D eigenvalue weighted by atomic mass is 16.5. The fourth-order valence-corrected chi connectivity index (χ4v) is 4.37. The summed E-state index contributed by atoms with van der Waals surface area (Å²) < 4.78 is 5.15. The molecule has 0 fully saturated rings. The number of carbonyl (C=O) groups excluding carboxylic acids is 3. The van der Waals surface area contributed by atoms with Crippen LogP contribution >= 0.6 is 0 Å². The molecule has 0 saturated carbocycles. The molecule has 0 bridgehead atoms. The Morgan fingerprint density at radius 2 is 1.68 bits per heavy atom. The topological polar surface area (TPSA) is 112 Å². The van der Waals surface area contributed by atoms with Crippen molar-refractivity contribution in [1.29, 1.82) is 0 Å². The zero-order valence-electron chi connectivity index (χ0n) is 21.8. The minimum absolute atomic E-state index is 0.00996. The van der Waals surface area contributed by atoms with Crippen LogP contribution in [-0.2, 0) is 17.8 Å². The highest BCUT2D eigenvalue weighted by Gasteiger charge is 2.31. The van der Waals surface area contributed by atoms with Crippen molar-refractivity contribution >= 4 is 35.0 Å². The summed E-state index contributed by atoms with van der Waals surface area (Å²) in [6, 6.07) is 20.7. The Bertz CT molecular complexity index is 1290. The molecule has 9 nitrogen and oxygen atoms in total. The molecular formula is C29H33N5O4. The van der Waals surface area contributed by atoms with Crippen LogP contribution in [0.5, 0.6) is 5.75 Å². The molecule has 198 valence electrons. The minimum atomic E-state index is -0.709.